The van der Waals surface area contributed by atoms with E-state index in [4.69, 9.17) is 0 Å². The summed E-state index contributed by atoms with van der Waals surface area (Å²) in [5.74, 6) is 0. The lowest BCUT2D eigenvalue weighted by Crippen LogP contribution is -2.04. The van der Waals surface area contributed by atoms with E-state index in [1.54, 1.807) is 31.0 Å². The Kier molecular flexibility index (Phi) is 5.04. The van der Waals surface area contributed by atoms with Crippen LogP contribution in [0.5, 0.6) is 0 Å². The van der Waals surface area contributed by atoms with E-state index in [-0.39, 0.29) is 8.80 Å². The van der Waals surface area contributed by atoms with Crippen LogP contribution in [-0.4, -0.2) is 13.2 Å². The first-order valence-corrected chi connectivity index (χ1v) is 7.97. The highest BCUT2D eigenvalue weighted by Crippen LogP contribution is 2.23. The highest BCUT2D eigenvalue weighted by atomic mass is 127. The van der Waals surface area contributed by atoms with E-state index in [9.17, 15) is 0 Å². The Hall–Kier alpha value is 0.947. The molecule has 0 bridgehead atoms. The van der Waals surface area contributed by atoms with Gasteiger partial charge in [-0.2, -0.15) is 0 Å². The van der Waals surface area contributed by atoms with Crippen LogP contribution in [-0.2, 0) is 0 Å². The van der Waals surface area contributed by atoms with Crippen LogP contribution in [0.25, 0.3) is 0 Å². The summed E-state index contributed by atoms with van der Waals surface area (Å²) in [6, 6.07) is 4.88. The third kappa shape index (κ3) is 3.37. The van der Waals surface area contributed by atoms with Crippen molar-refractivity contribution in [2.45, 2.75) is 43.8 Å². The molecule has 0 aromatic heterocycles. The maximum absolute atomic E-state index is 2.49. The van der Waals surface area contributed by atoms with Crippen LogP contribution in [0, 0.1) is 0 Å². The molecule has 0 amide bonds. The highest BCUT2D eigenvalue weighted by molar-refractivity contribution is 14.1. The first-order chi connectivity index (χ1) is 4.93. The molecular weight excluding hydrogens is 251 g/mol. The molecular formula is C8H16ISi. The quantitative estimate of drug-likeness (QED) is 0.316. The van der Waals surface area contributed by atoms with Gasteiger partial charge in [0.05, 0.1) is 0 Å². The van der Waals surface area contributed by atoms with E-state index in [1.807, 2.05) is 0 Å². The molecule has 59 valence electrons. The molecule has 1 radical (unpaired) electrons. The topological polar surface area (TPSA) is 0 Å². The molecule has 0 nitrogen and oxygen atoms in total. The van der Waals surface area contributed by atoms with E-state index in [2.05, 4.69) is 22.6 Å². The van der Waals surface area contributed by atoms with Crippen LogP contribution in [0.2, 0.25) is 18.1 Å². The van der Waals surface area contributed by atoms with Crippen LogP contribution < -0.4 is 0 Å². The molecule has 10 heavy (non-hydrogen) atoms. The van der Waals surface area contributed by atoms with Crippen molar-refractivity contribution in [2.75, 3.05) is 4.43 Å². The molecule has 1 aliphatic rings. The number of rotatable bonds is 4. The summed E-state index contributed by atoms with van der Waals surface area (Å²) in [5, 5.41) is 0. The standard InChI is InChI=1S/C8H16ISi/c9-5-1-2-6-10-7-3-4-8-10/h1-8H2. The van der Waals surface area contributed by atoms with Crippen molar-refractivity contribution in [2.24, 2.45) is 0 Å². The van der Waals surface area contributed by atoms with E-state index in [0.717, 1.165) is 0 Å². The van der Waals surface area contributed by atoms with Crippen molar-refractivity contribution < 1.29 is 0 Å². The summed E-state index contributed by atoms with van der Waals surface area (Å²) in [7, 11) is 0.212. The highest BCUT2D eigenvalue weighted by Gasteiger charge is 2.15. The lowest BCUT2D eigenvalue weighted by Gasteiger charge is -2.03. The fraction of sp³-hybridized carbons (Fsp3) is 1.00. The monoisotopic (exact) mass is 267 g/mol. The number of alkyl halides is 1. The minimum atomic E-state index is 0.212. The normalized spacial score (nSPS) is 20.1. The molecule has 0 saturated carbocycles. The van der Waals surface area contributed by atoms with Gasteiger partial charge in [-0.3, -0.25) is 0 Å². The Morgan fingerprint density at radius 2 is 1.80 bits per heavy atom. The van der Waals surface area contributed by atoms with Gasteiger partial charge in [-0.15, -0.1) is 0 Å². The predicted molar refractivity (Wildman–Crippen MR) is 57.5 cm³/mol. The molecule has 1 aliphatic heterocycles. The summed E-state index contributed by atoms with van der Waals surface area (Å²) in [6.45, 7) is 0. The van der Waals surface area contributed by atoms with Gasteiger partial charge in [0.1, 0.15) is 0 Å². The Balaban J connectivity index is 1.91. The molecule has 1 saturated heterocycles. The minimum absolute atomic E-state index is 0.212. The summed E-state index contributed by atoms with van der Waals surface area (Å²) in [5.41, 5.74) is 0. The van der Waals surface area contributed by atoms with E-state index < -0.39 is 0 Å². The lowest BCUT2D eigenvalue weighted by atomic mass is 10.4. The van der Waals surface area contributed by atoms with E-state index >= 15 is 0 Å². The summed E-state index contributed by atoms with van der Waals surface area (Å²) >= 11 is 2.49. The molecule has 0 atom stereocenters. The van der Waals surface area contributed by atoms with Crippen LogP contribution in [0.3, 0.4) is 0 Å². The smallest absolute Gasteiger partial charge is 0.0479 e. The fourth-order valence-corrected chi connectivity index (χ4v) is 5.13. The van der Waals surface area contributed by atoms with Crippen LogP contribution in [0.4, 0.5) is 0 Å². The zero-order valence-corrected chi connectivity index (χ0v) is 9.69. The Morgan fingerprint density at radius 3 is 2.40 bits per heavy atom. The largest absolute Gasteiger partial charge is 0.0864 e. The zero-order chi connectivity index (χ0) is 7.23. The second-order valence-corrected chi connectivity index (χ2v) is 7.18. The molecule has 1 heterocycles. The molecule has 0 aromatic carbocycles. The van der Waals surface area contributed by atoms with Crippen LogP contribution in [0.15, 0.2) is 0 Å². The average Bonchev–Trinajstić information content (AvgIpc) is 2.41. The SMILES string of the molecule is ICCCC[Si]1CCCC1. The van der Waals surface area contributed by atoms with Crippen molar-refractivity contribution in [1.29, 1.82) is 0 Å². The minimum Gasteiger partial charge on any atom is -0.0864 e. The van der Waals surface area contributed by atoms with Gasteiger partial charge >= 0.3 is 0 Å². The van der Waals surface area contributed by atoms with Crippen LogP contribution in [0.1, 0.15) is 25.7 Å². The molecule has 2 heteroatoms. The van der Waals surface area contributed by atoms with Gasteiger partial charge < -0.3 is 0 Å². The van der Waals surface area contributed by atoms with Crippen molar-refractivity contribution >= 4 is 31.4 Å². The molecule has 0 aromatic rings. The van der Waals surface area contributed by atoms with Gasteiger partial charge in [-0.25, -0.2) is 0 Å². The summed E-state index contributed by atoms with van der Waals surface area (Å²) in [4.78, 5) is 0. The fourth-order valence-electron chi connectivity index (χ4n) is 1.59. The molecule has 0 unspecified atom stereocenters. The predicted octanol–water partition coefficient (Wildman–Crippen LogP) is 3.49. The summed E-state index contributed by atoms with van der Waals surface area (Å²) < 4.78 is 1.37. The van der Waals surface area contributed by atoms with Gasteiger partial charge in [0, 0.05) is 8.80 Å². The lowest BCUT2D eigenvalue weighted by molar-refractivity contribution is 0.892. The maximum Gasteiger partial charge on any atom is 0.0479 e. The van der Waals surface area contributed by atoms with E-state index in [0.29, 0.717) is 0 Å². The number of hydrogen-bond donors (Lipinski definition) is 0. The van der Waals surface area contributed by atoms with Crippen molar-refractivity contribution in [1.82, 2.24) is 0 Å². The number of hydrogen-bond acceptors (Lipinski definition) is 0. The third-order valence-corrected chi connectivity index (χ3v) is 6.17. The Bertz CT molecular complexity index is 79.3. The zero-order valence-electron chi connectivity index (χ0n) is 6.53. The number of halogens is 1. The Morgan fingerprint density at radius 1 is 1.10 bits per heavy atom. The second-order valence-electron chi connectivity index (χ2n) is 3.10. The third-order valence-electron chi connectivity index (χ3n) is 2.22. The Labute approximate surface area is 79.5 Å². The molecule has 1 rings (SSSR count). The molecule has 0 aliphatic carbocycles. The second kappa shape index (κ2) is 5.58. The molecule has 0 N–H and O–H groups in total. The van der Waals surface area contributed by atoms with Gasteiger partial charge in [0.2, 0.25) is 0 Å². The molecule has 1 fully saturated rings. The van der Waals surface area contributed by atoms with Crippen molar-refractivity contribution in [3.63, 3.8) is 0 Å². The van der Waals surface area contributed by atoms with Gasteiger partial charge in [-0.1, -0.05) is 60.0 Å². The van der Waals surface area contributed by atoms with Gasteiger partial charge in [0.25, 0.3) is 0 Å². The first kappa shape index (κ1) is 9.04. The molecule has 0 spiro atoms. The van der Waals surface area contributed by atoms with Crippen LogP contribution >= 0.6 is 22.6 Å². The van der Waals surface area contributed by atoms with Crippen molar-refractivity contribution in [3.8, 4) is 0 Å². The van der Waals surface area contributed by atoms with E-state index in [1.165, 1.54) is 17.3 Å². The van der Waals surface area contributed by atoms with Crippen molar-refractivity contribution in [3.05, 3.63) is 0 Å². The maximum atomic E-state index is 2.49. The van der Waals surface area contributed by atoms with Gasteiger partial charge in [-0.05, 0) is 10.8 Å². The summed E-state index contributed by atoms with van der Waals surface area (Å²) in [6.07, 6.45) is 6.10. The average molecular weight is 267 g/mol. The first-order valence-electron chi connectivity index (χ1n) is 4.33. The van der Waals surface area contributed by atoms with Gasteiger partial charge in [0.15, 0.2) is 0 Å². The number of unbranched alkanes of at least 4 members (excludes halogenated alkanes) is 1.